The molecule has 0 amide bonds. The van der Waals surface area contributed by atoms with Crippen molar-refractivity contribution in [2.75, 3.05) is 0 Å². The predicted molar refractivity (Wildman–Crippen MR) is 218 cm³/mol. The van der Waals surface area contributed by atoms with Crippen LogP contribution in [0.25, 0.3) is 0 Å². The minimum atomic E-state index is -2.05. The van der Waals surface area contributed by atoms with Crippen molar-refractivity contribution in [1.82, 2.24) is 0 Å². The molecule has 0 heterocycles. The van der Waals surface area contributed by atoms with Crippen LogP contribution < -0.4 is 0 Å². The summed E-state index contributed by atoms with van der Waals surface area (Å²) >= 11 is 0. The molecular formula is C26H78O7Si10. The molecule has 0 N–H and O–H groups in total. The minimum Gasteiger partial charge on any atom is -0.437 e. The second kappa shape index (κ2) is 17.0. The van der Waals surface area contributed by atoms with Gasteiger partial charge >= 0.3 is 34.2 Å². The van der Waals surface area contributed by atoms with Crippen LogP contribution in [0, 0.1) is 0 Å². The van der Waals surface area contributed by atoms with E-state index < -0.39 is 84.1 Å². The fraction of sp³-hybridized carbons (Fsp3) is 1.00. The van der Waals surface area contributed by atoms with Crippen LogP contribution in [0.3, 0.4) is 0 Å². The Labute approximate surface area is 281 Å². The van der Waals surface area contributed by atoms with E-state index in [0.29, 0.717) is 0 Å². The van der Waals surface area contributed by atoms with E-state index in [4.69, 9.17) is 28.8 Å². The Morgan fingerprint density at radius 2 is 0.256 bits per heavy atom. The maximum Gasteiger partial charge on any atom is 0.312 e. The molecule has 0 atom stereocenters. The van der Waals surface area contributed by atoms with Crippen molar-refractivity contribution in [1.29, 1.82) is 0 Å². The van der Waals surface area contributed by atoms with Gasteiger partial charge in [-0.1, -0.05) is 0 Å². The van der Waals surface area contributed by atoms with Crippen molar-refractivity contribution in [3.05, 3.63) is 0 Å². The van der Waals surface area contributed by atoms with E-state index >= 15 is 0 Å². The molecule has 0 aliphatic heterocycles. The topological polar surface area (TPSA) is 64.6 Å². The van der Waals surface area contributed by atoms with Crippen molar-refractivity contribution in [2.45, 2.75) is 170 Å². The Bertz CT molecular complexity index is 696. The first-order valence-corrected chi connectivity index (χ1v) is 47.6. The molecule has 0 radical (unpaired) electrons. The van der Waals surface area contributed by atoms with Crippen LogP contribution in [0.4, 0.5) is 0 Å². The monoisotopic (exact) mass is 782 g/mol. The van der Waals surface area contributed by atoms with Crippen LogP contribution in [0.2, 0.25) is 170 Å². The third kappa shape index (κ3) is 40.0. The summed E-state index contributed by atoms with van der Waals surface area (Å²) in [5, 5.41) is 0. The lowest BCUT2D eigenvalue weighted by molar-refractivity contribution is 0.331. The minimum absolute atomic E-state index is 1.43. The summed E-state index contributed by atoms with van der Waals surface area (Å²) in [5.41, 5.74) is 0. The zero-order valence-electron chi connectivity index (χ0n) is 33.9. The average Bonchev–Trinajstić information content (AvgIpc) is 2.37. The van der Waals surface area contributed by atoms with Gasteiger partial charge in [0.15, 0.2) is 49.9 Å². The van der Waals surface area contributed by atoms with E-state index in [2.05, 4.69) is 170 Å². The molecule has 0 bridgehead atoms. The second-order valence-electron chi connectivity index (χ2n) is 19.0. The Kier molecular flexibility index (Phi) is 19.5. The first-order chi connectivity index (χ1) is 17.9. The third-order valence-corrected chi connectivity index (χ3v) is 34.2. The molecule has 0 aromatic heterocycles. The van der Waals surface area contributed by atoms with E-state index in [1.54, 1.807) is 0 Å². The van der Waals surface area contributed by atoms with Crippen molar-refractivity contribution in [3.8, 4) is 0 Å². The van der Waals surface area contributed by atoms with Gasteiger partial charge in [0.05, 0.1) is 0 Å². The molecule has 0 aliphatic carbocycles. The van der Waals surface area contributed by atoms with Gasteiger partial charge in [-0.25, -0.2) is 0 Å². The zero-order chi connectivity index (χ0) is 35.9. The lowest BCUT2D eigenvalue weighted by atomic mass is 11.8. The van der Waals surface area contributed by atoms with Crippen LogP contribution in [0.1, 0.15) is 0 Å². The third-order valence-electron chi connectivity index (χ3n) is 3.80. The number of rotatable bonds is 14. The van der Waals surface area contributed by atoms with Crippen molar-refractivity contribution in [2.24, 2.45) is 0 Å². The van der Waals surface area contributed by atoms with Crippen LogP contribution in [0.15, 0.2) is 0 Å². The lowest BCUT2D eigenvalue weighted by Gasteiger charge is -2.39. The van der Waals surface area contributed by atoms with E-state index in [0.717, 1.165) is 0 Å². The SMILES string of the molecule is C[Si](C)(C)O[Si](C)(C)O[Si](C)(C)C.C[Si](C)(C)O[Si](C)(C)O[Si](C)(C)C.C[Si](C)(C)O[Si](C)(C)O[Si](C)(C)O[Si](C)(C)C. The Balaban J connectivity index is -0.000000566. The maximum atomic E-state index is 6.28. The van der Waals surface area contributed by atoms with E-state index in [9.17, 15) is 0 Å². The Hall–Kier alpha value is 1.89. The summed E-state index contributed by atoms with van der Waals surface area (Å²) in [6, 6.07) is 0. The van der Waals surface area contributed by atoms with Gasteiger partial charge in [-0.05, 0) is 170 Å². The molecule has 0 aliphatic rings. The summed E-state index contributed by atoms with van der Waals surface area (Å²) in [7, 11) is -16.6. The first kappa shape index (κ1) is 49.3. The number of hydrogen-bond acceptors (Lipinski definition) is 7. The molecule has 0 rings (SSSR count). The molecule has 0 unspecified atom stereocenters. The van der Waals surface area contributed by atoms with Gasteiger partial charge in [-0.15, -0.1) is 0 Å². The van der Waals surface area contributed by atoms with E-state index in [1.165, 1.54) is 0 Å². The molecule has 0 aromatic rings. The molecule has 264 valence electrons. The highest BCUT2D eigenvalue weighted by molar-refractivity contribution is 6.89. The lowest BCUT2D eigenvalue weighted by Crippen LogP contribution is -2.55. The van der Waals surface area contributed by atoms with E-state index in [-0.39, 0.29) is 0 Å². The molecular weight excluding hydrogens is 705 g/mol. The highest BCUT2D eigenvalue weighted by Gasteiger charge is 2.41. The fourth-order valence-corrected chi connectivity index (χ4v) is 47.4. The van der Waals surface area contributed by atoms with Gasteiger partial charge in [0, 0.05) is 0 Å². The highest BCUT2D eigenvalue weighted by Crippen LogP contribution is 2.24. The smallest absolute Gasteiger partial charge is 0.312 e. The van der Waals surface area contributed by atoms with Gasteiger partial charge in [-0.2, -0.15) is 0 Å². The summed E-state index contributed by atoms with van der Waals surface area (Å²) in [6.45, 7) is 57.0. The normalized spacial score (nSPS) is 14.9. The molecule has 17 heteroatoms. The summed E-state index contributed by atoms with van der Waals surface area (Å²) in [6.07, 6.45) is 0. The molecule has 7 nitrogen and oxygen atoms in total. The van der Waals surface area contributed by atoms with Crippen LogP contribution >= 0.6 is 0 Å². The molecule has 0 fully saturated rings. The molecule has 0 spiro atoms. The standard InChI is InChI=1S/C10H30O3Si4.2C8H24O2Si3/c1-14(2,3)11-16(7,8)13-17(9,10)12-15(4,5)6;2*1-11(2,3)9-13(7,8)10-12(4,5)6/h1-10H3;2*1-8H3. The fourth-order valence-electron chi connectivity index (χ4n) is 5.10. The first-order valence-electron chi connectivity index (χ1n) is 15.9. The van der Waals surface area contributed by atoms with Crippen molar-refractivity contribution < 1.29 is 28.8 Å². The largest absolute Gasteiger partial charge is 0.437 e. The van der Waals surface area contributed by atoms with Crippen LogP contribution in [-0.4, -0.2) is 84.1 Å². The predicted octanol–water partition coefficient (Wildman–Crippen LogP) is 10.9. The van der Waals surface area contributed by atoms with Crippen LogP contribution in [-0.2, 0) is 28.8 Å². The van der Waals surface area contributed by atoms with Gasteiger partial charge < -0.3 is 28.8 Å². The average molecular weight is 784 g/mol. The summed E-state index contributed by atoms with van der Waals surface area (Å²) < 4.78 is 43.0. The van der Waals surface area contributed by atoms with Gasteiger partial charge in [-0.3, -0.25) is 0 Å². The van der Waals surface area contributed by atoms with Gasteiger partial charge in [0.25, 0.3) is 0 Å². The molecule has 0 saturated heterocycles. The highest BCUT2D eigenvalue weighted by atomic mass is 28.5. The van der Waals surface area contributed by atoms with Gasteiger partial charge in [0.2, 0.25) is 0 Å². The molecule has 43 heavy (non-hydrogen) atoms. The molecule has 0 aromatic carbocycles. The zero-order valence-corrected chi connectivity index (χ0v) is 43.9. The number of hydrogen-bond donors (Lipinski definition) is 0. The van der Waals surface area contributed by atoms with Gasteiger partial charge in [0.1, 0.15) is 0 Å². The summed E-state index contributed by atoms with van der Waals surface area (Å²) in [4.78, 5) is 0. The quantitative estimate of drug-likeness (QED) is 0.163. The Morgan fingerprint density at radius 1 is 0.163 bits per heavy atom. The maximum absolute atomic E-state index is 6.28. The second-order valence-corrected chi connectivity index (χ2v) is 61.3. The molecule has 0 saturated carbocycles. The van der Waals surface area contributed by atoms with Crippen LogP contribution in [0.5, 0.6) is 0 Å². The van der Waals surface area contributed by atoms with E-state index in [1.807, 2.05) is 0 Å². The van der Waals surface area contributed by atoms with Crippen molar-refractivity contribution in [3.63, 3.8) is 0 Å². The Morgan fingerprint density at radius 3 is 0.349 bits per heavy atom. The van der Waals surface area contributed by atoms with Crippen molar-refractivity contribution >= 4 is 84.1 Å². The summed E-state index contributed by atoms with van der Waals surface area (Å²) in [5.74, 6) is 0.